The smallest absolute Gasteiger partial charge is 0.177 e. The number of benzene rings is 2. The van der Waals surface area contributed by atoms with Crippen molar-refractivity contribution in [2.75, 3.05) is 5.32 Å². The number of rotatable bonds is 3. The molecule has 0 aliphatic heterocycles. The van der Waals surface area contributed by atoms with Gasteiger partial charge in [0.1, 0.15) is 0 Å². The minimum Gasteiger partial charge on any atom is -0.363 e. The van der Waals surface area contributed by atoms with E-state index in [0.29, 0.717) is 33.0 Å². The molecule has 3 rings (SSSR count). The number of nitrogens with one attached hydrogen (secondary N) is 1. The first kappa shape index (κ1) is 13.6. The molecule has 0 unspecified atom stereocenters. The summed E-state index contributed by atoms with van der Waals surface area (Å²) in [5.41, 5.74) is 1.65. The summed E-state index contributed by atoms with van der Waals surface area (Å²) >= 11 is 17.8. The Labute approximate surface area is 130 Å². The number of nitrogens with zero attached hydrogens (tertiary/aromatic N) is 1. The number of aromatic nitrogens is 1. The highest BCUT2D eigenvalue weighted by molar-refractivity contribution is 6.42. The van der Waals surface area contributed by atoms with Gasteiger partial charge in [0.25, 0.3) is 0 Å². The van der Waals surface area contributed by atoms with Gasteiger partial charge in [-0.2, -0.15) is 0 Å². The molecule has 1 aromatic heterocycles. The van der Waals surface area contributed by atoms with Gasteiger partial charge in [-0.25, -0.2) is 0 Å². The predicted molar refractivity (Wildman–Crippen MR) is 82.8 cm³/mol. The van der Waals surface area contributed by atoms with Crippen LogP contribution in [0.25, 0.3) is 11.0 Å². The van der Waals surface area contributed by atoms with Crippen LogP contribution < -0.4 is 5.32 Å². The second kappa shape index (κ2) is 5.52. The van der Waals surface area contributed by atoms with E-state index in [1.807, 2.05) is 18.2 Å². The average Bonchev–Trinajstić information content (AvgIpc) is 2.82. The summed E-state index contributed by atoms with van der Waals surface area (Å²) < 4.78 is 5.22. The van der Waals surface area contributed by atoms with E-state index in [-0.39, 0.29) is 0 Å². The van der Waals surface area contributed by atoms with E-state index >= 15 is 0 Å². The summed E-state index contributed by atoms with van der Waals surface area (Å²) in [5.74, 6) is 0.669. The van der Waals surface area contributed by atoms with Crippen molar-refractivity contribution in [2.24, 2.45) is 0 Å². The molecular formula is C14H9Cl3N2O. The topological polar surface area (TPSA) is 38.1 Å². The van der Waals surface area contributed by atoms with Crippen molar-refractivity contribution in [3.05, 3.63) is 57.0 Å². The van der Waals surface area contributed by atoms with Gasteiger partial charge >= 0.3 is 0 Å². The minimum atomic E-state index is 0.530. The highest BCUT2D eigenvalue weighted by atomic mass is 35.5. The van der Waals surface area contributed by atoms with Crippen molar-refractivity contribution in [1.82, 2.24) is 5.16 Å². The molecule has 0 saturated heterocycles. The number of fused-ring (bicyclic) bond motifs is 1. The van der Waals surface area contributed by atoms with Crippen LogP contribution in [0.5, 0.6) is 0 Å². The standard InChI is InChI=1S/C14H9Cl3N2O/c15-9-2-3-10-13(6-9)20-19-14(10)18-7-8-1-4-11(16)12(17)5-8/h1-6H,7H2,(H,18,19). The number of anilines is 1. The Morgan fingerprint density at radius 2 is 1.85 bits per heavy atom. The van der Waals surface area contributed by atoms with Crippen LogP contribution in [0.2, 0.25) is 15.1 Å². The maximum absolute atomic E-state index is 5.98. The molecule has 1 N–H and O–H groups in total. The van der Waals surface area contributed by atoms with Crippen LogP contribution in [-0.2, 0) is 6.54 Å². The van der Waals surface area contributed by atoms with Gasteiger partial charge in [0.2, 0.25) is 0 Å². The predicted octanol–water partition coefficient (Wildman–Crippen LogP) is 5.40. The summed E-state index contributed by atoms with van der Waals surface area (Å²) in [6.07, 6.45) is 0. The van der Waals surface area contributed by atoms with Crippen molar-refractivity contribution >= 4 is 51.6 Å². The summed E-state index contributed by atoms with van der Waals surface area (Å²) in [5, 5.41) is 9.76. The van der Waals surface area contributed by atoms with Crippen LogP contribution in [0.4, 0.5) is 5.82 Å². The molecule has 0 fully saturated rings. The average molecular weight is 328 g/mol. The Morgan fingerprint density at radius 1 is 1.00 bits per heavy atom. The van der Waals surface area contributed by atoms with Crippen LogP contribution in [-0.4, -0.2) is 5.16 Å². The van der Waals surface area contributed by atoms with E-state index in [9.17, 15) is 0 Å². The first-order chi connectivity index (χ1) is 9.63. The van der Waals surface area contributed by atoms with Gasteiger partial charge in [-0.05, 0) is 29.8 Å². The highest BCUT2D eigenvalue weighted by Crippen LogP contribution is 2.27. The lowest BCUT2D eigenvalue weighted by molar-refractivity contribution is 0.459. The van der Waals surface area contributed by atoms with Gasteiger partial charge < -0.3 is 9.84 Å². The Bertz CT molecular complexity index is 770. The normalized spacial score (nSPS) is 10.9. The van der Waals surface area contributed by atoms with Gasteiger partial charge in [0.15, 0.2) is 11.4 Å². The van der Waals surface area contributed by atoms with Crippen molar-refractivity contribution < 1.29 is 4.52 Å². The van der Waals surface area contributed by atoms with E-state index in [1.54, 1.807) is 18.2 Å². The zero-order valence-corrected chi connectivity index (χ0v) is 12.4. The van der Waals surface area contributed by atoms with Crippen molar-refractivity contribution in [1.29, 1.82) is 0 Å². The lowest BCUT2D eigenvalue weighted by atomic mass is 10.2. The van der Waals surface area contributed by atoms with Gasteiger partial charge in [0.05, 0.1) is 15.4 Å². The lowest BCUT2D eigenvalue weighted by Crippen LogP contribution is -1.99. The quantitative estimate of drug-likeness (QED) is 0.700. The zero-order valence-electron chi connectivity index (χ0n) is 10.2. The SMILES string of the molecule is Clc1ccc2c(NCc3ccc(Cl)c(Cl)c3)noc2c1. The summed E-state index contributed by atoms with van der Waals surface area (Å²) in [7, 11) is 0. The molecule has 0 radical (unpaired) electrons. The molecule has 1 heterocycles. The first-order valence-electron chi connectivity index (χ1n) is 5.86. The van der Waals surface area contributed by atoms with Crippen molar-refractivity contribution in [2.45, 2.75) is 6.54 Å². The maximum atomic E-state index is 5.98. The maximum Gasteiger partial charge on any atom is 0.177 e. The molecule has 2 aromatic carbocycles. The molecule has 0 bridgehead atoms. The molecule has 0 aliphatic carbocycles. The summed E-state index contributed by atoms with van der Waals surface area (Å²) in [6.45, 7) is 0.571. The molecule has 0 atom stereocenters. The largest absolute Gasteiger partial charge is 0.363 e. The van der Waals surface area contributed by atoms with E-state index < -0.39 is 0 Å². The third-order valence-corrected chi connectivity index (χ3v) is 3.85. The van der Waals surface area contributed by atoms with Crippen LogP contribution in [0, 0.1) is 0 Å². The second-order valence-electron chi connectivity index (χ2n) is 4.27. The Hall–Kier alpha value is -1.42. The molecule has 3 nitrogen and oxygen atoms in total. The van der Waals surface area contributed by atoms with E-state index in [2.05, 4.69) is 10.5 Å². The van der Waals surface area contributed by atoms with E-state index in [4.69, 9.17) is 39.3 Å². The Kier molecular flexibility index (Phi) is 3.74. The highest BCUT2D eigenvalue weighted by Gasteiger charge is 2.08. The van der Waals surface area contributed by atoms with Gasteiger partial charge in [-0.3, -0.25) is 0 Å². The fourth-order valence-electron chi connectivity index (χ4n) is 1.87. The molecule has 0 aliphatic rings. The molecule has 0 spiro atoms. The van der Waals surface area contributed by atoms with Crippen molar-refractivity contribution in [3.8, 4) is 0 Å². The van der Waals surface area contributed by atoms with Gasteiger partial charge in [0, 0.05) is 17.6 Å². The zero-order chi connectivity index (χ0) is 14.1. The molecule has 102 valence electrons. The van der Waals surface area contributed by atoms with Crippen LogP contribution in [0.1, 0.15) is 5.56 Å². The van der Waals surface area contributed by atoms with E-state index in [1.165, 1.54) is 0 Å². The molecule has 6 heteroatoms. The Morgan fingerprint density at radius 3 is 2.65 bits per heavy atom. The molecule has 3 aromatic rings. The molecule has 0 saturated carbocycles. The first-order valence-corrected chi connectivity index (χ1v) is 6.99. The fourth-order valence-corrected chi connectivity index (χ4v) is 2.36. The second-order valence-corrected chi connectivity index (χ2v) is 5.52. The Balaban J connectivity index is 1.81. The number of hydrogen-bond donors (Lipinski definition) is 1. The third kappa shape index (κ3) is 2.70. The van der Waals surface area contributed by atoms with Crippen LogP contribution in [0.15, 0.2) is 40.9 Å². The third-order valence-electron chi connectivity index (χ3n) is 2.88. The fraction of sp³-hybridized carbons (Fsp3) is 0.0714. The monoisotopic (exact) mass is 326 g/mol. The molecular weight excluding hydrogens is 319 g/mol. The van der Waals surface area contributed by atoms with Gasteiger partial charge in [-0.15, -0.1) is 0 Å². The number of halogens is 3. The molecule has 0 amide bonds. The summed E-state index contributed by atoms with van der Waals surface area (Å²) in [6, 6.07) is 10.9. The summed E-state index contributed by atoms with van der Waals surface area (Å²) in [4.78, 5) is 0. The van der Waals surface area contributed by atoms with Crippen LogP contribution >= 0.6 is 34.8 Å². The van der Waals surface area contributed by atoms with E-state index in [0.717, 1.165) is 10.9 Å². The lowest BCUT2D eigenvalue weighted by Gasteiger charge is -2.04. The van der Waals surface area contributed by atoms with Crippen LogP contribution in [0.3, 0.4) is 0 Å². The van der Waals surface area contributed by atoms with Crippen molar-refractivity contribution in [3.63, 3.8) is 0 Å². The molecule has 20 heavy (non-hydrogen) atoms. The van der Waals surface area contributed by atoms with Gasteiger partial charge in [-0.1, -0.05) is 46.0 Å². The number of hydrogen-bond acceptors (Lipinski definition) is 3. The minimum absolute atomic E-state index is 0.530.